The first-order valence-electron chi connectivity index (χ1n) is 13.2. The molecule has 0 bridgehead atoms. The van der Waals surface area contributed by atoms with Gasteiger partial charge in [-0.05, 0) is 66.9 Å². The van der Waals surface area contributed by atoms with E-state index in [1.807, 2.05) is 66.7 Å². The van der Waals surface area contributed by atoms with Gasteiger partial charge in [0.15, 0.2) is 17.6 Å². The zero-order chi connectivity index (χ0) is 28.5. The zero-order valence-corrected chi connectivity index (χ0v) is 24.2. The maximum atomic E-state index is 13.9. The van der Waals surface area contributed by atoms with Crippen molar-refractivity contribution in [1.29, 1.82) is 0 Å². The second-order valence-corrected chi connectivity index (χ2v) is 10.5. The lowest BCUT2D eigenvalue weighted by Gasteiger charge is -2.27. The van der Waals surface area contributed by atoms with Crippen LogP contribution in [-0.4, -0.2) is 58.9 Å². The third-order valence-electron chi connectivity index (χ3n) is 6.71. The van der Waals surface area contributed by atoms with Gasteiger partial charge in [0.05, 0.1) is 32.3 Å². The molecule has 0 aromatic heterocycles. The highest BCUT2D eigenvalue weighted by Gasteiger charge is 2.40. The van der Waals surface area contributed by atoms with Gasteiger partial charge in [-0.3, -0.25) is 9.59 Å². The molecule has 40 heavy (non-hydrogen) atoms. The molecule has 9 heteroatoms. The van der Waals surface area contributed by atoms with E-state index in [0.717, 1.165) is 47.0 Å². The summed E-state index contributed by atoms with van der Waals surface area (Å²) in [6.45, 7) is 3.16. The Morgan fingerprint density at radius 1 is 0.925 bits per heavy atom. The van der Waals surface area contributed by atoms with Crippen molar-refractivity contribution >= 4 is 29.3 Å². The molecule has 3 aromatic rings. The Kier molecular flexibility index (Phi) is 10.3. The van der Waals surface area contributed by atoms with Crippen LogP contribution in [0.1, 0.15) is 29.7 Å². The molecule has 0 spiro atoms. The van der Waals surface area contributed by atoms with Crippen molar-refractivity contribution in [2.24, 2.45) is 0 Å². The molecule has 8 nitrogen and oxygen atoms in total. The number of methoxy groups -OCH3 is 3. The van der Waals surface area contributed by atoms with Crippen molar-refractivity contribution in [3.8, 4) is 17.2 Å². The molecule has 212 valence electrons. The van der Waals surface area contributed by atoms with E-state index in [2.05, 4.69) is 5.32 Å². The van der Waals surface area contributed by atoms with Gasteiger partial charge in [-0.15, -0.1) is 11.8 Å². The summed E-state index contributed by atoms with van der Waals surface area (Å²) in [7, 11) is 4.87. The van der Waals surface area contributed by atoms with Crippen LogP contribution in [0.4, 0.5) is 5.69 Å². The quantitative estimate of drug-likeness (QED) is 0.242. The van der Waals surface area contributed by atoms with Crippen LogP contribution in [0.3, 0.4) is 0 Å². The van der Waals surface area contributed by atoms with E-state index in [1.54, 1.807) is 26.2 Å². The summed E-state index contributed by atoms with van der Waals surface area (Å²) in [6.07, 6.45) is 0.840. The van der Waals surface area contributed by atoms with Crippen molar-refractivity contribution < 1.29 is 28.5 Å². The lowest BCUT2D eigenvalue weighted by molar-refractivity contribution is -0.152. The van der Waals surface area contributed by atoms with Crippen molar-refractivity contribution in [2.45, 2.75) is 36.0 Å². The minimum absolute atomic E-state index is 0.236. The number of rotatable bonds is 12. The number of nitrogens with zero attached hydrogens (tertiary/aromatic N) is 1. The average molecular weight is 565 g/mol. The molecule has 0 saturated heterocycles. The van der Waals surface area contributed by atoms with Crippen LogP contribution in [0.5, 0.6) is 17.2 Å². The molecule has 2 atom stereocenters. The van der Waals surface area contributed by atoms with Crippen molar-refractivity contribution in [3.05, 3.63) is 77.9 Å². The highest BCUT2D eigenvalue weighted by Crippen LogP contribution is 2.46. The van der Waals surface area contributed by atoms with E-state index < -0.39 is 17.3 Å². The molecule has 0 fully saturated rings. The van der Waals surface area contributed by atoms with Crippen LogP contribution in [-0.2, 0) is 20.7 Å². The van der Waals surface area contributed by atoms with E-state index in [4.69, 9.17) is 18.9 Å². The Bertz CT molecular complexity index is 1300. The molecule has 3 aromatic carbocycles. The number of anilines is 1. The van der Waals surface area contributed by atoms with Crippen LogP contribution in [0.25, 0.3) is 0 Å². The predicted molar refractivity (Wildman–Crippen MR) is 157 cm³/mol. The first kappa shape index (κ1) is 29.3. The first-order valence-corrected chi connectivity index (χ1v) is 14.1. The summed E-state index contributed by atoms with van der Waals surface area (Å²) in [6, 6.07) is 21.3. The third-order valence-corrected chi connectivity index (χ3v) is 8.08. The number of nitrogens with one attached hydrogen (secondary N) is 1. The van der Waals surface area contributed by atoms with E-state index >= 15 is 0 Å². The molecule has 2 unspecified atom stereocenters. The van der Waals surface area contributed by atoms with Crippen molar-refractivity contribution in [3.63, 3.8) is 0 Å². The topological polar surface area (TPSA) is 86.3 Å². The zero-order valence-electron chi connectivity index (χ0n) is 23.3. The predicted octanol–water partition coefficient (Wildman–Crippen LogP) is 5.05. The third kappa shape index (κ3) is 7.08. The van der Waals surface area contributed by atoms with Crippen LogP contribution in [0.2, 0.25) is 0 Å². The van der Waals surface area contributed by atoms with Gasteiger partial charge in [-0.2, -0.15) is 0 Å². The highest BCUT2D eigenvalue weighted by molar-refractivity contribution is 7.99. The van der Waals surface area contributed by atoms with Gasteiger partial charge >= 0.3 is 5.97 Å². The Morgan fingerprint density at radius 3 is 2.38 bits per heavy atom. The molecule has 0 radical (unpaired) electrons. The minimum Gasteiger partial charge on any atom is -0.497 e. The normalized spacial score (nSPS) is 16.6. The number of fused-ring (bicyclic) bond motifs is 1. The smallest absolute Gasteiger partial charge is 0.303 e. The number of thioether (sulfide) groups is 1. The van der Waals surface area contributed by atoms with Gasteiger partial charge in [-0.25, -0.2) is 0 Å². The van der Waals surface area contributed by atoms with Crippen molar-refractivity contribution in [2.75, 3.05) is 45.9 Å². The molecule has 0 saturated carbocycles. The number of aryl methyl sites for hydroxylation is 1. The molecule has 1 aliphatic heterocycles. The molecule has 0 aliphatic carbocycles. The number of ether oxygens (including phenoxy) is 4. The van der Waals surface area contributed by atoms with Gasteiger partial charge < -0.3 is 29.2 Å². The molecule has 1 aliphatic rings. The number of benzene rings is 3. The molecule has 1 N–H and O–H groups in total. The average Bonchev–Trinajstić information content (AvgIpc) is 3.09. The number of para-hydroxylation sites is 1. The monoisotopic (exact) mass is 564 g/mol. The second kappa shape index (κ2) is 14.1. The van der Waals surface area contributed by atoms with Crippen LogP contribution >= 0.6 is 11.8 Å². The van der Waals surface area contributed by atoms with Crippen molar-refractivity contribution in [1.82, 2.24) is 5.32 Å². The molecular weight excluding hydrogens is 528 g/mol. The Morgan fingerprint density at radius 2 is 1.68 bits per heavy atom. The molecular formula is C31H36N2O6S. The first-order chi connectivity index (χ1) is 19.4. The highest BCUT2D eigenvalue weighted by atomic mass is 32.2. The standard InChI is InChI=1S/C31H36N2O6S/c1-21(34)39-29-30(23-12-14-24(36-2)15-13-23)40-28-10-6-5-9-25(28)33(31(29)35)19-18-32-17-7-8-22-11-16-26(37-3)27(20-22)38-4/h5-6,9-16,20,29-30,32H,7-8,17-19H2,1-4H3. The van der Waals surface area contributed by atoms with Gasteiger partial charge in [0.25, 0.3) is 5.91 Å². The largest absolute Gasteiger partial charge is 0.497 e. The number of hydrogen-bond donors (Lipinski definition) is 1. The maximum Gasteiger partial charge on any atom is 0.303 e. The van der Waals surface area contributed by atoms with Crippen LogP contribution in [0, 0.1) is 0 Å². The number of amides is 1. The maximum absolute atomic E-state index is 13.9. The van der Waals surface area contributed by atoms with E-state index in [9.17, 15) is 9.59 Å². The molecule has 1 amide bonds. The lowest BCUT2D eigenvalue weighted by atomic mass is 10.1. The number of carbonyl (C=O) groups excluding carboxylic acids is 2. The fraction of sp³-hybridized carbons (Fsp3) is 0.355. The summed E-state index contributed by atoms with van der Waals surface area (Å²) in [5.74, 6) is 1.43. The summed E-state index contributed by atoms with van der Waals surface area (Å²) in [5, 5.41) is 3.06. The second-order valence-electron chi connectivity index (χ2n) is 9.34. The summed E-state index contributed by atoms with van der Waals surface area (Å²) >= 11 is 1.53. The van der Waals surface area contributed by atoms with Gasteiger partial charge in [0, 0.05) is 24.9 Å². The fourth-order valence-electron chi connectivity index (χ4n) is 4.71. The van der Waals surface area contributed by atoms with E-state index in [1.165, 1.54) is 24.2 Å². The lowest BCUT2D eigenvalue weighted by Crippen LogP contribution is -2.45. The number of carbonyl (C=O) groups is 2. The Labute approximate surface area is 239 Å². The SMILES string of the molecule is COc1ccc(C2Sc3ccccc3N(CCNCCCc3ccc(OC)c(OC)c3)C(=O)C2OC(C)=O)cc1. The van der Waals surface area contributed by atoms with Crippen LogP contribution < -0.4 is 24.4 Å². The number of esters is 1. The summed E-state index contributed by atoms with van der Waals surface area (Å²) in [5.41, 5.74) is 2.87. The Hall–Kier alpha value is -3.69. The van der Waals surface area contributed by atoms with Gasteiger partial charge in [0.2, 0.25) is 0 Å². The Balaban J connectivity index is 1.44. The van der Waals surface area contributed by atoms with Gasteiger partial charge in [-0.1, -0.05) is 30.3 Å². The van der Waals surface area contributed by atoms with E-state index in [0.29, 0.717) is 18.8 Å². The number of hydrogen-bond acceptors (Lipinski definition) is 8. The summed E-state index contributed by atoms with van der Waals surface area (Å²) < 4.78 is 21.7. The molecule has 1 heterocycles. The van der Waals surface area contributed by atoms with Crippen LogP contribution in [0.15, 0.2) is 71.6 Å². The van der Waals surface area contributed by atoms with E-state index in [-0.39, 0.29) is 5.91 Å². The fourth-order valence-corrected chi connectivity index (χ4v) is 6.03. The molecule has 4 rings (SSSR count). The summed E-state index contributed by atoms with van der Waals surface area (Å²) in [4.78, 5) is 28.7. The van der Waals surface area contributed by atoms with Gasteiger partial charge in [0.1, 0.15) is 5.75 Å². The minimum atomic E-state index is -0.964.